The Balaban J connectivity index is 0.00000264. The molecule has 130 valence electrons. The van der Waals surface area contributed by atoms with Crippen LogP contribution in [0, 0.1) is 11.8 Å². The van der Waals surface area contributed by atoms with E-state index in [9.17, 15) is 4.79 Å². The van der Waals surface area contributed by atoms with E-state index < -0.39 is 0 Å². The molecule has 0 aliphatic carbocycles. The Hall–Kier alpha value is -1.46. The van der Waals surface area contributed by atoms with Crippen LogP contribution in [0.2, 0.25) is 0 Å². The van der Waals surface area contributed by atoms with Crippen molar-refractivity contribution in [3.63, 3.8) is 0 Å². The maximum Gasteiger partial charge on any atom is 0.227 e. The number of halogens is 1. The highest BCUT2D eigenvalue weighted by atomic mass is 35.5. The number of carbonyl (C=O) groups excluding carboxylic acids is 1. The van der Waals surface area contributed by atoms with E-state index in [-0.39, 0.29) is 30.3 Å². The molecule has 0 bridgehead atoms. The summed E-state index contributed by atoms with van der Waals surface area (Å²) < 4.78 is 10.9. The topological polar surface area (TPSA) is 73.6 Å². The lowest BCUT2D eigenvalue weighted by atomic mass is 9.95. The van der Waals surface area contributed by atoms with Crippen LogP contribution in [0.5, 0.6) is 11.5 Å². The molecular formula is C17H27ClN2O3. The van der Waals surface area contributed by atoms with Gasteiger partial charge in [0.2, 0.25) is 5.91 Å². The minimum atomic E-state index is -0.180. The number of carbonyl (C=O) groups is 1. The monoisotopic (exact) mass is 342 g/mol. The van der Waals surface area contributed by atoms with Gasteiger partial charge in [-0.05, 0) is 42.5 Å². The number of hydrogen-bond donors (Lipinski definition) is 2. The molecule has 2 unspecified atom stereocenters. The predicted molar refractivity (Wildman–Crippen MR) is 93.4 cm³/mol. The Kier molecular flexibility index (Phi) is 7.65. The van der Waals surface area contributed by atoms with Crippen molar-refractivity contribution in [3.05, 3.63) is 23.8 Å². The normalized spacial score (nSPS) is 17.5. The average molecular weight is 343 g/mol. The van der Waals surface area contributed by atoms with Crippen molar-refractivity contribution < 1.29 is 14.3 Å². The van der Waals surface area contributed by atoms with Gasteiger partial charge < -0.3 is 20.5 Å². The molecule has 1 heterocycles. The van der Waals surface area contributed by atoms with Gasteiger partial charge in [0.25, 0.3) is 0 Å². The van der Waals surface area contributed by atoms with Crippen LogP contribution in [-0.2, 0) is 11.2 Å². The first-order valence-electron chi connectivity index (χ1n) is 7.83. The largest absolute Gasteiger partial charge is 0.497 e. The van der Waals surface area contributed by atoms with Gasteiger partial charge >= 0.3 is 0 Å². The predicted octanol–water partition coefficient (Wildman–Crippen LogP) is 2.16. The van der Waals surface area contributed by atoms with E-state index in [2.05, 4.69) is 19.2 Å². The smallest absolute Gasteiger partial charge is 0.227 e. The summed E-state index contributed by atoms with van der Waals surface area (Å²) >= 11 is 0. The molecule has 1 amide bonds. The number of benzene rings is 1. The minimum Gasteiger partial charge on any atom is -0.497 e. The summed E-state index contributed by atoms with van der Waals surface area (Å²) in [6.07, 6.45) is 1.55. The fraction of sp³-hybridized carbons (Fsp3) is 0.588. The number of nitrogens with one attached hydrogen (secondary N) is 1. The Morgan fingerprint density at radius 2 is 2.22 bits per heavy atom. The van der Waals surface area contributed by atoms with E-state index in [0.717, 1.165) is 23.5 Å². The van der Waals surface area contributed by atoms with Crippen molar-refractivity contribution in [1.82, 2.24) is 5.32 Å². The molecule has 0 saturated carbocycles. The fourth-order valence-electron chi connectivity index (χ4n) is 2.77. The number of methoxy groups -OCH3 is 1. The summed E-state index contributed by atoms with van der Waals surface area (Å²) in [4.78, 5) is 12.4. The van der Waals surface area contributed by atoms with Gasteiger partial charge in [-0.3, -0.25) is 4.79 Å². The van der Waals surface area contributed by atoms with E-state index >= 15 is 0 Å². The molecule has 0 saturated heterocycles. The second-order valence-corrected chi connectivity index (χ2v) is 6.26. The molecule has 0 radical (unpaired) electrons. The zero-order valence-corrected chi connectivity index (χ0v) is 14.8. The lowest BCUT2D eigenvalue weighted by molar-refractivity contribution is -0.127. The van der Waals surface area contributed by atoms with E-state index in [4.69, 9.17) is 15.2 Å². The molecule has 1 aliphatic rings. The Labute approximate surface area is 144 Å². The number of fused-ring (bicyclic) bond motifs is 1. The van der Waals surface area contributed by atoms with E-state index in [1.807, 2.05) is 18.2 Å². The molecular weight excluding hydrogens is 316 g/mol. The van der Waals surface area contributed by atoms with Crippen LogP contribution < -0.4 is 20.5 Å². The van der Waals surface area contributed by atoms with Gasteiger partial charge in [0.05, 0.1) is 13.0 Å². The van der Waals surface area contributed by atoms with Crippen LogP contribution in [0.4, 0.5) is 0 Å². The van der Waals surface area contributed by atoms with Gasteiger partial charge in [-0.1, -0.05) is 13.8 Å². The van der Waals surface area contributed by atoms with Crippen molar-refractivity contribution in [2.75, 3.05) is 20.3 Å². The Morgan fingerprint density at radius 3 is 2.83 bits per heavy atom. The zero-order valence-electron chi connectivity index (χ0n) is 14.0. The first-order valence-corrected chi connectivity index (χ1v) is 7.83. The number of rotatable bonds is 6. The van der Waals surface area contributed by atoms with Crippen molar-refractivity contribution >= 4 is 18.3 Å². The molecule has 0 aromatic heterocycles. The summed E-state index contributed by atoms with van der Waals surface area (Å²) in [5.74, 6) is 1.96. The highest BCUT2D eigenvalue weighted by molar-refractivity contribution is 5.85. The van der Waals surface area contributed by atoms with Crippen LogP contribution >= 0.6 is 12.4 Å². The quantitative estimate of drug-likeness (QED) is 0.830. The van der Waals surface area contributed by atoms with Crippen LogP contribution in [0.15, 0.2) is 18.2 Å². The zero-order chi connectivity index (χ0) is 16.1. The van der Waals surface area contributed by atoms with E-state index in [1.54, 1.807) is 7.11 Å². The highest BCUT2D eigenvalue weighted by Crippen LogP contribution is 2.30. The SMILES string of the molecule is COc1ccc2c(c1)CC(C(=O)NC(CN)CC(C)C)CO2.Cl. The van der Waals surface area contributed by atoms with Crippen molar-refractivity contribution in [2.45, 2.75) is 32.7 Å². The third-order valence-electron chi connectivity index (χ3n) is 3.93. The summed E-state index contributed by atoms with van der Waals surface area (Å²) in [5, 5.41) is 3.05. The van der Waals surface area contributed by atoms with Gasteiger partial charge in [-0.2, -0.15) is 0 Å². The first-order chi connectivity index (χ1) is 10.5. The van der Waals surface area contributed by atoms with Gasteiger partial charge in [-0.25, -0.2) is 0 Å². The van der Waals surface area contributed by atoms with E-state index in [1.165, 1.54) is 0 Å². The summed E-state index contributed by atoms with van der Waals surface area (Å²) in [6.45, 7) is 5.12. The maximum atomic E-state index is 12.4. The lowest BCUT2D eigenvalue weighted by Crippen LogP contribution is -2.46. The summed E-state index contributed by atoms with van der Waals surface area (Å²) in [5.41, 5.74) is 6.76. The second-order valence-electron chi connectivity index (χ2n) is 6.26. The molecule has 23 heavy (non-hydrogen) atoms. The standard InChI is InChI=1S/C17H26N2O3.ClH/c1-11(2)6-14(9-18)19-17(20)13-7-12-8-15(21-3)4-5-16(12)22-10-13;/h4-5,8,11,13-14H,6-7,9-10,18H2,1-3H3,(H,19,20);1H. The van der Waals surface area contributed by atoms with Gasteiger partial charge in [-0.15, -0.1) is 12.4 Å². The molecule has 3 N–H and O–H groups in total. The summed E-state index contributed by atoms with van der Waals surface area (Å²) in [6, 6.07) is 5.72. The third kappa shape index (κ3) is 5.29. The van der Waals surface area contributed by atoms with Crippen LogP contribution in [0.25, 0.3) is 0 Å². The molecule has 5 nitrogen and oxygen atoms in total. The molecule has 1 aromatic rings. The highest BCUT2D eigenvalue weighted by Gasteiger charge is 2.27. The van der Waals surface area contributed by atoms with Crippen molar-refractivity contribution in [3.8, 4) is 11.5 Å². The lowest BCUT2D eigenvalue weighted by Gasteiger charge is -2.27. The van der Waals surface area contributed by atoms with Crippen molar-refractivity contribution in [2.24, 2.45) is 17.6 Å². The number of ether oxygens (including phenoxy) is 2. The molecule has 1 aliphatic heterocycles. The molecule has 1 aromatic carbocycles. The van der Waals surface area contributed by atoms with Crippen molar-refractivity contribution in [1.29, 1.82) is 0 Å². The second kappa shape index (κ2) is 8.99. The summed E-state index contributed by atoms with van der Waals surface area (Å²) in [7, 11) is 1.63. The number of hydrogen-bond acceptors (Lipinski definition) is 4. The third-order valence-corrected chi connectivity index (χ3v) is 3.93. The average Bonchev–Trinajstić information content (AvgIpc) is 2.52. The number of nitrogens with two attached hydrogens (primary N) is 1. The maximum absolute atomic E-state index is 12.4. The Bertz CT molecular complexity index is 523. The van der Waals surface area contributed by atoms with Crippen LogP contribution in [0.3, 0.4) is 0 Å². The molecule has 2 rings (SSSR count). The minimum absolute atomic E-state index is 0. The molecule has 0 fully saturated rings. The van der Waals surface area contributed by atoms with E-state index in [0.29, 0.717) is 25.5 Å². The molecule has 6 heteroatoms. The molecule has 0 spiro atoms. The van der Waals surface area contributed by atoms with Gasteiger partial charge in [0.1, 0.15) is 18.1 Å². The molecule has 2 atom stereocenters. The first kappa shape index (κ1) is 19.6. The van der Waals surface area contributed by atoms with Gasteiger partial charge in [0, 0.05) is 12.6 Å². The van der Waals surface area contributed by atoms with Crippen LogP contribution in [-0.4, -0.2) is 32.2 Å². The Morgan fingerprint density at radius 1 is 1.48 bits per heavy atom. The van der Waals surface area contributed by atoms with Crippen LogP contribution in [0.1, 0.15) is 25.8 Å². The fourth-order valence-corrected chi connectivity index (χ4v) is 2.77. The van der Waals surface area contributed by atoms with Gasteiger partial charge in [0.15, 0.2) is 0 Å². The number of amides is 1.